The summed E-state index contributed by atoms with van der Waals surface area (Å²) in [6, 6.07) is 12.2. The summed E-state index contributed by atoms with van der Waals surface area (Å²) in [5.74, 6) is 0.270. The number of hydrazine groups is 1. The number of halogens is 1. The number of pyridine rings is 1. The van der Waals surface area contributed by atoms with E-state index in [0.29, 0.717) is 17.1 Å². The van der Waals surface area contributed by atoms with Crippen LogP contribution in [0, 0.1) is 0 Å². The predicted molar refractivity (Wildman–Crippen MR) is 96.5 cm³/mol. The van der Waals surface area contributed by atoms with Crippen LogP contribution in [0.4, 0.5) is 23.0 Å². The van der Waals surface area contributed by atoms with Gasteiger partial charge in [0.2, 0.25) is 0 Å². The second-order valence-corrected chi connectivity index (χ2v) is 5.25. The van der Waals surface area contributed by atoms with E-state index in [4.69, 9.17) is 17.3 Å². The number of carbonyl (C=O) groups is 1. The second kappa shape index (κ2) is 7.45. The molecule has 0 spiro atoms. The lowest BCUT2D eigenvalue weighted by molar-refractivity contribution is 0.0962. The fourth-order valence-corrected chi connectivity index (χ4v) is 2.15. The molecular weight excluding hydrogens is 342 g/mol. The molecule has 0 atom stereocenters. The van der Waals surface area contributed by atoms with Gasteiger partial charge < -0.3 is 11.1 Å². The summed E-state index contributed by atoms with van der Waals surface area (Å²) in [7, 11) is 0. The van der Waals surface area contributed by atoms with E-state index in [1.54, 1.807) is 42.6 Å². The molecule has 2 heterocycles. The number of nitrogens with one attached hydrogen (secondary N) is 3. The maximum absolute atomic E-state index is 12.1. The van der Waals surface area contributed by atoms with Crippen LogP contribution in [0.15, 0.2) is 55.0 Å². The summed E-state index contributed by atoms with van der Waals surface area (Å²) >= 11 is 6.01. The van der Waals surface area contributed by atoms with E-state index in [-0.39, 0.29) is 22.6 Å². The van der Waals surface area contributed by atoms with Crippen LogP contribution in [-0.2, 0) is 0 Å². The van der Waals surface area contributed by atoms with Crippen molar-refractivity contribution in [3.8, 4) is 0 Å². The van der Waals surface area contributed by atoms with Crippen molar-refractivity contribution in [1.29, 1.82) is 0 Å². The van der Waals surface area contributed by atoms with Crippen LogP contribution in [0.5, 0.6) is 0 Å². The Morgan fingerprint density at radius 1 is 1.00 bits per heavy atom. The van der Waals surface area contributed by atoms with Crippen molar-refractivity contribution in [3.05, 3.63) is 65.7 Å². The minimum Gasteiger partial charge on any atom is -0.393 e. The third-order valence-corrected chi connectivity index (χ3v) is 3.53. The molecule has 2 aromatic heterocycles. The van der Waals surface area contributed by atoms with Crippen molar-refractivity contribution >= 4 is 40.5 Å². The summed E-state index contributed by atoms with van der Waals surface area (Å²) in [5.41, 5.74) is 12.5. The Hall–Kier alpha value is -3.39. The Kier molecular flexibility index (Phi) is 4.91. The SMILES string of the molecule is Nc1c(NNC(=O)c2ccccc2)ncnc1Nc1cccnc1Cl. The van der Waals surface area contributed by atoms with Crippen molar-refractivity contribution in [2.24, 2.45) is 0 Å². The number of amides is 1. The molecule has 8 nitrogen and oxygen atoms in total. The topological polar surface area (TPSA) is 118 Å². The van der Waals surface area contributed by atoms with E-state index in [1.165, 1.54) is 6.33 Å². The average Bonchev–Trinajstić information content (AvgIpc) is 2.64. The Morgan fingerprint density at radius 2 is 1.76 bits per heavy atom. The van der Waals surface area contributed by atoms with Crippen LogP contribution in [0.3, 0.4) is 0 Å². The number of rotatable bonds is 5. The van der Waals surface area contributed by atoms with Crippen LogP contribution in [0.2, 0.25) is 5.15 Å². The second-order valence-electron chi connectivity index (χ2n) is 4.90. The highest BCUT2D eigenvalue weighted by atomic mass is 35.5. The van der Waals surface area contributed by atoms with Crippen LogP contribution in [-0.4, -0.2) is 20.9 Å². The molecule has 3 aromatic rings. The Morgan fingerprint density at radius 3 is 2.52 bits per heavy atom. The number of nitrogens with two attached hydrogens (primary N) is 1. The van der Waals surface area contributed by atoms with Gasteiger partial charge in [-0.1, -0.05) is 29.8 Å². The van der Waals surface area contributed by atoms with Crippen LogP contribution < -0.4 is 21.9 Å². The number of carbonyl (C=O) groups excluding carboxylic acids is 1. The summed E-state index contributed by atoms with van der Waals surface area (Å²) in [6.07, 6.45) is 2.88. The Labute approximate surface area is 148 Å². The molecule has 25 heavy (non-hydrogen) atoms. The van der Waals surface area contributed by atoms with E-state index in [0.717, 1.165) is 0 Å². The van der Waals surface area contributed by atoms with Gasteiger partial charge in [-0.2, -0.15) is 0 Å². The fourth-order valence-electron chi connectivity index (χ4n) is 1.98. The number of benzene rings is 1. The summed E-state index contributed by atoms with van der Waals surface area (Å²) in [4.78, 5) is 24.1. The van der Waals surface area contributed by atoms with E-state index < -0.39 is 0 Å². The molecule has 0 aliphatic carbocycles. The van der Waals surface area contributed by atoms with E-state index in [9.17, 15) is 4.79 Å². The minimum atomic E-state index is -0.316. The van der Waals surface area contributed by atoms with Gasteiger partial charge in [-0.05, 0) is 24.3 Å². The quantitative estimate of drug-likeness (QED) is 0.410. The normalized spacial score (nSPS) is 10.1. The van der Waals surface area contributed by atoms with Gasteiger partial charge in [-0.15, -0.1) is 0 Å². The lowest BCUT2D eigenvalue weighted by Gasteiger charge is -2.13. The molecule has 1 aromatic carbocycles. The smallest absolute Gasteiger partial charge is 0.269 e. The van der Waals surface area contributed by atoms with Crippen molar-refractivity contribution in [2.75, 3.05) is 16.5 Å². The largest absolute Gasteiger partial charge is 0.393 e. The molecule has 0 aliphatic rings. The van der Waals surface area contributed by atoms with Gasteiger partial charge in [0.25, 0.3) is 5.91 Å². The molecule has 0 saturated heterocycles. The molecule has 0 radical (unpaired) electrons. The molecule has 9 heteroatoms. The van der Waals surface area contributed by atoms with Gasteiger partial charge in [-0.25, -0.2) is 15.0 Å². The van der Waals surface area contributed by atoms with Crippen LogP contribution in [0.25, 0.3) is 0 Å². The molecule has 0 saturated carbocycles. The molecule has 1 amide bonds. The lowest BCUT2D eigenvalue weighted by atomic mass is 10.2. The lowest BCUT2D eigenvalue weighted by Crippen LogP contribution is -2.30. The zero-order valence-corrected chi connectivity index (χ0v) is 13.7. The van der Waals surface area contributed by atoms with E-state index in [1.807, 2.05) is 6.07 Å². The molecule has 0 aliphatic heterocycles. The molecular formula is C16H14ClN7O. The number of hydrogen-bond donors (Lipinski definition) is 4. The fraction of sp³-hybridized carbons (Fsp3) is 0. The molecule has 0 unspecified atom stereocenters. The van der Waals surface area contributed by atoms with Crippen LogP contribution >= 0.6 is 11.6 Å². The number of nitrogen functional groups attached to an aromatic ring is 1. The first-order valence-electron chi connectivity index (χ1n) is 7.24. The van der Waals surface area contributed by atoms with Gasteiger partial charge in [0, 0.05) is 11.8 Å². The van der Waals surface area contributed by atoms with E-state index >= 15 is 0 Å². The summed E-state index contributed by atoms with van der Waals surface area (Å²) in [6.45, 7) is 0. The number of anilines is 4. The highest BCUT2D eigenvalue weighted by Gasteiger charge is 2.11. The molecule has 0 bridgehead atoms. The summed E-state index contributed by atoms with van der Waals surface area (Å²) in [5, 5.41) is 3.26. The third-order valence-electron chi connectivity index (χ3n) is 3.23. The monoisotopic (exact) mass is 355 g/mol. The zero-order chi connectivity index (χ0) is 17.6. The minimum absolute atomic E-state index is 0.218. The molecule has 126 valence electrons. The van der Waals surface area contributed by atoms with Crippen molar-refractivity contribution in [1.82, 2.24) is 20.4 Å². The standard InChI is InChI=1S/C16H14ClN7O/c17-13-11(7-4-8-19-13)22-14-12(18)15(21-9-20-14)23-24-16(25)10-5-2-1-3-6-10/h1-9H,18H2,(H,24,25)(H2,20,21,22,23). The van der Waals surface area contributed by atoms with Crippen LogP contribution in [0.1, 0.15) is 10.4 Å². The van der Waals surface area contributed by atoms with Crippen molar-refractivity contribution in [3.63, 3.8) is 0 Å². The molecule has 5 N–H and O–H groups in total. The van der Waals surface area contributed by atoms with Gasteiger partial charge in [0.1, 0.15) is 12.0 Å². The maximum atomic E-state index is 12.1. The van der Waals surface area contributed by atoms with Gasteiger partial charge in [0.05, 0.1) is 5.69 Å². The Balaban J connectivity index is 1.73. The first kappa shape index (κ1) is 16.5. The summed E-state index contributed by atoms with van der Waals surface area (Å²) < 4.78 is 0. The highest BCUT2D eigenvalue weighted by Crippen LogP contribution is 2.27. The highest BCUT2D eigenvalue weighted by molar-refractivity contribution is 6.32. The number of aromatic nitrogens is 3. The number of hydrogen-bond acceptors (Lipinski definition) is 7. The van der Waals surface area contributed by atoms with E-state index in [2.05, 4.69) is 31.1 Å². The number of nitrogens with zero attached hydrogens (tertiary/aromatic N) is 3. The third kappa shape index (κ3) is 3.93. The van der Waals surface area contributed by atoms with Gasteiger partial charge in [0.15, 0.2) is 16.8 Å². The first-order chi connectivity index (χ1) is 12.1. The predicted octanol–water partition coefficient (Wildman–Crippen LogP) is 2.61. The van der Waals surface area contributed by atoms with Crippen molar-refractivity contribution < 1.29 is 4.79 Å². The Bertz CT molecular complexity index is 889. The molecule has 3 rings (SSSR count). The first-order valence-corrected chi connectivity index (χ1v) is 7.62. The zero-order valence-electron chi connectivity index (χ0n) is 12.9. The van der Waals surface area contributed by atoms with Crippen molar-refractivity contribution in [2.45, 2.75) is 0 Å². The maximum Gasteiger partial charge on any atom is 0.269 e. The molecule has 0 fully saturated rings. The average molecular weight is 356 g/mol. The van der Waals surface area contributed by atoms with Gasteiger partial charge in [-0.3, -0.25) is 15.6 Å². The van der Waals surface area contributed by atoms with Gasteiger partial charge >= 0.3 is 0 Å².